The number of rotatable bonds is 6. The molecule has 0 atom stereocenters. The molecule has 3 heteroatoms. The van der Waals surface area contributed by atoms with Gasteiger partial charge in [-0.1, -0.05) is 6.92 Å². The van der Waals surface area contributed by atoms with E-state index in [0.717, 1.165) is 37.8 Å². The largest absolute Gasteiger partial charge is 0.466 e. The van der Waals surface area contributed by atoms with E-state index >= 15 is 0 Å². The molecule has 0 bridgehead atoms. The number of hydrogen-bond acceptors (Lipinski definition) is 3. The van der Waals surface area contributed by atoms with Crippen LogP contribution < -0.4 is 0 Å². The lowest BCUT2D eigenvalue weighted by molar-refractivity contribution is 0.147. The van der Waals surface area contributed by atoms with Gasteiger partial charge in [0.05, 0.1) is 6.61 Å². The van der Waals surface area contributed by atoms with Crippen LogP contribution in [-0.4, -0.2) is 31.7 Å². The van der Waals surface area contributed by atoms with Crippen LogP contribution in [0.15, 0.2) is 10.5 Å². The Kier molecular flexibility index (Phi) is 4.85. The first-order valence-electron chi connectivity index (χ1n) is 5.44. The fourth-order valence-corrected chi connectivity index (χ4v) is 1.65. The minimum atomic E-state index is 0.781. The molecule has 1 aromatic heterocycles. The average Bonchev–Trinajstić information content (AvgIpc) is 2.52. The molecule has 0 aliphatic heterocycles. The van der Waals surface area contributed by atoms with E-state index in [0.29, 0.717) is 0 Å². The molecule has 3 nitrogen and oxygen atoms in total. The molecule has 1 rings (SSSR count). The summed E-state index contributed by atoms with van der Waals surface area (Å²) in [6, 6.07) is 2.12. The normalized spacial score (nSPS) is 11.3. The molecule has 0 aromatic carbocycles. The smallest absolute Gasteiger partial charge is 0.105 e. The number of methoxy groups -OCH3 is 1. The van der Waals surface area contributed by atoms with E-state index in [-0.39, 0.29) is 0 Å². The Morgan fingerprint density at radius 2 is 2.13 bits per heavy atom. The number of ether oxygens (including phenoxy) is 1. The van der Waals surface area contributed by atoms with E-state index in [1.165, 1.54) is 5.56 Å². The van der Waals surface area contributed by atoms with Gasteiger partial charge in [-0.2, -0.15) is 0 Å². The van der Waals surface area contributed by atoms with Gasteiger partial charge in [0.15, 0.2) is 0 Å². The van der Waals surface area contributed by atoms with Crippen LogP contribution in [0.1, 0.15) is 24.0 Å². The van der Waals surface area contributed by atoms with Gasteiger partial charge in [-0.05, 0) is 26.5 Å². The highest BCUT2D eigenvalue weighted by molar-refractivity contribution is 5.19. The van der Waals surface area contributed by atoms with Crippen molar-refractivity contribution in [2.45, 2.75) is 27.3 Å². The molecule has 86 valence electrons. The van der Waals surface area contributed by atoms with Crippen LogP contribution >= 0.6 is 0 Å². The first-order chi connectivity index (χ1) is 7.17. The van der Waals surface area contributed by atoms with Gasteiger partial charge < -0.3 is 9.15 Å². The van der Waals surface area contributed by atoms with Crippen LogP contribution in [-0.2, 0) is 11.3 Å². The number of hydrogen-bond donors (Lipinski definition) is 0. The predicted octanol–water partition coefficient (Wildman–Crippen LogP) is 2.36. The summed E-state index contributed by atoms with van der Waals surface area (Å²) in [5, 5.41) is 0. The van der Waals surface area contributed by atoms with E-state index < -0.39 is 0 Å². The number of aryl methyl sites for hydroxylation is 2. The Bertz CT molecular complexity index is 294. The van der Waals surface area contributed by atoms with Gasteiger partial charge in [0.2, 0.25) is 0 Å². The van der Waals surface area contributed by atoms with Gasteiger partial charge in [0.1, 0.15) is 11.5 Å². The van der Waals surface area contributed by atoms with Crippen molar-refractivity contribution in [2.24, 2.45) is 0 Å². The predicted molar refractivity (Wildman–Crippen MR) is 61.0 cm³/mol. The molecule has 0 amide bonds. The maximum atomic E-state index is 5.51. The second kappa shape index (κ2) is 5.93. The molecule has 0 unspecified atom stereocenters. The highest BCUT2D eigenvalue weighted by Crippen LogP contribution is 2.15. The first kappa shape index (κ1) is 12.3. The molecular weight excluding hydrogens is 190 g/mol. The Labute approximate surface area is 92.0 Å². The van der Waals surface area contributed by atoms with Crippen molar-refractivity contribution in [2.75, 3.05) is 26.8 Å². The van der Waals surface area contributed by atoms with Crippen molar-refractivity contribution in [3.8, 4) is 0 Å². The van der Waals surface area contributed by atoms with E-state index in [1.807, 2.05) is 13.8 Å². The van der Waals surface area contributed by atoms with Crippen LogP contribution in [0.25, 0.3) is 0 Å². The highest BCUT2D eigenvalue weighted by Gasteiger charge is 2.09. The van der Waals surface area contributed by atoms with Gasteiger partial charge in [-0.25, -0.2) is 0 Å². The molecule has 0 fully saturated rings. The molecule has 0 saturated carbocycles. The summed E-state index contributed by atoms with van der Waals surface area (Å²) in [5.41, 5.74) is 1.28. The molecule has 15 heavy (non-hydrogen) atoms. The topological polar surface area (TPSA) is 25.6 Å². The van der Waals surface area contributed by atoms with E-state index in [2.05, 4.69) is 17.9 Å². The van der Waals surface area contributed by atoms with E-state index in [1.54, 1.807) is 7.11 Å². The minimum Gasteiger partial charge on any atom is -0.466 e. The summed E-state index contributed by atoms with van der Waals surface area (Å²) in [5.74, 6) is 2.02. The quantitative estimate of drug-likeness (QED) is 0.722. The Balaban J connectivity index is 2.54. The summed E-state index contributed by atoms with van der Waals surface area (Å²) in [6.45, 7) is 9.91. The van der Waals surface area contributed by atoms with Crippen molar-refractivity contribution < 1.29 is 9.15 Å². The summed E-state index contributed by atoms with van der Waals surface area (Å²) < 4.78 is 10.6. The van der Waals surface area contributed by atoms with Crippen molar-refractivity contribution in [3.05, 3.63) is 23.2 Å². The summed E-state index contributed by atoms with van der Waals surface area (Å²) in [6.07, 6.45) is 0. The fraction of sp³-hybridized carbons (Fsp3) is 0.667. The average molecular weight is 211 g/mol. The molecule has 0 radical (unpaired) electrons. The maximum absolute atomic E-state index is 5.51. The summed E-state index contributed by atoms with van der Waals surface area (Å²) in [7, 11) is 1.74. The van der Waals surface area contributed by atoms with Crippen LogP contribution in [0.2, 0.25) is 0 Å². The van der Waals surface area contributed by atoms with Crippen molar-refractivity contribution in [1.82, 2.24) is 4.90 Å². The zero-order valence-electron chi connectivity index (χ0n) is 10.2. The van der Waals surface area contributed by atoms with Crippen molar-refractivity contribution in [3.63, 3.8) is 0 Å². The Hall–Kier alpha value is -0.800. The van der Waals surface area contributed by atoms with Crippen molar-refractivity contribution >= 4 is 0 Å². The third-order valence-corrected chi connectivity index (χ3v) is 2.60. The van der Waals surface area contributed by atoms with Crippen LogP contribution in [0.3, 0.4) is 0 Å². The highest BCUT2D eigenvalue weighted by atomic mass is 16.5. The van der Waals surface area contributed by atoms with Crippen molar-refractivity contribution in [1.29, 1.82) is 0 Å². The third-order valence-electron chi connectivity index (χ3n) is 2.60. The van der Waals surface area contributed by atoms with Gasteiger partial charge in [-0.3, -0.25) is 4.90 Å². The van der Waals surface area contributed by atoms with Crippen LogP contribution in [0.4, 0.5) is 0 Å². The molecule has 1 heterocycles. The SMILES string of the molecule is CCN(CCOC)Cc1cc(C)oc1C. The lowest BCUT2D eigenvalue weighted by Gasteiger charge is -2.19. The standard InChI is InChI=1S/C12H21NO2/c1-5-13(6-7-14-4)9-12-8-10(2)15-11(12)3/h8H,5-7,9H2,1-4H3. The maximum Gasteiger partial charge on any atom is 0.105 e. The molecule has 0 N–H and O–H groups in total. The lowest BCUT2D eigenvalue weighted by Crippen LogP contribution is -2.26. The zero-order valence-corrected chi connectivity index (χ0v) is 10.2. The molecule has 0 spiro atoms. The van der Waals surface area contributed by atoms with Crippen LogP contribution in [0, 0.1) is 13.8 Å². The third kappa shape index (κ3) is 3.68. The fourth-order valence-electron chi connectivity index (χ4n) is 1.65. The van der Waals surface area contributed by atoms with Gasteiger partial charge in [0, 0.05) is 25.8 Å². The van der Waals surface area contributed by atoms with Gasteiger partial charge >= 0.3 is 0 Å². The summed E-state index contributed by atoms with van der Waals surface area (Å²) in [4.78, 5) is 2.35. The lowest BCUT2D eigenvalue weighted by atomic mass is 10.2. The molecular formula is C12H21NO2. The van der Waals surface area contributed by atoms with Crippen LogP contribution in [0.5, 0.6) is 0 Å². The first-order valence-corrected chi connectivity index (χ1v) is 5.44. The number of likely N-dealkylation sites (N-methyl/N-ethyl adjacent to an activating group) is 1. The second-order valence-corrected chi connectivity index (χ2v) is 3.80. The summed E-state index contributed by atoms with van der Waals surface area (Å²) >= 11 is 0. The van der Waals surface area contributed by atoms with E-state index in [9.17, 15) is 0 Å². The minimum absolute atomic E-state index is 0.781. The molecule has 0 aliphatic rings. The second-order valence-electron chi connectivity index (χ2n) is 3.80. The Morgan fingerprint density at radius 1 is 1.40 bits per heavy atom. The molecule has 1 aromatic rings. The Morgan fingerprint density at radius 3 is 2.60 bits per heavy atom. The monoisotopic (exact) mass is 211 g/mol. The zero-order chi connectivity index (χ0) is 11.3. The number of furan rings is 1. The van der Waals surface area contributed by atoms with Gasteiger partial charge in [0.25, 0.3) is 0 Å². The molecule has 0 aliphatic carbocycles. The number of nitrogens with zero attached hydrogens (tertiary/aromatic N) is 1. The van der Waals surface area contributed by atoms with Gasteiger partial charge in [-0.15, -0.1) is 0 Å². The van der Waals surface area contributed by atoms with E-state index in [4.69, 9.17) is 9.15 Å². The molecule has 0 saturated heterocycles.